The normalized spacial score (nSPS) is 16.2. The third kappa shape index (κ3) is 3.53. The van der Waals surface area contributed by atoms with Crippen LogP contribution < -0.4 is 5.73 Å². The van der Waals surface area contributed by atoms with E-state index >= 15 is 0 Å². The molecular formula is C9H14F3NO2. The van der Waals surface area contributed by atoms with E-state index in [9.17, 15) is 22.8 Å². The van der Waals surface area contributed by atoms with Crippen LogP contribution in [0.5, 0.6) is 0 Å². The van der Waals surface area contributed by atoms with Crippen LogP contribution in [-0.2, 0) is 9.59 Å². The van der Waals surface area contributed by atoms with Gasteiger partial charge in [-0.05, 0) is 5.92 Å². The van der Waals surface area contributed by atoms with Crippen LogP contribution in [0.1, 0.15) is 20.8 Å². The van der Waals surface area contributed by atoms with Gasteiger partial charge in [-0.15, -0.1) is 0 Å². The highest BCUT2D eigenvalue weighted by Crippen LogP contribution is 2.30. The molecule has 3 nitrogen and oxygen atoms in total. The molecule has 0 radical (unpaired) electrons. The summed E-state index contributed by atoms with van der Waals surface area (Å²) in [5, 5.41) is 0. The van der Waals surface area contributed by atoms with Gasteiger partial charge in [0.25, 0.3) is 0 Å². The Morgan fingerprint density at radius 1 is 1.13 bits per heavy atom. The summed E-state index contributed by atoms with van der Waals surface area (Å²) >= 11 is 0. The molecule has 0 rings (SSSR count). The van der Waals surface area contributed by atoms with Gasteiger partial charge in [0.15, 0.2) is 0 Å². The molecule has 0 aromatic heterocycles. The number of carbonyl (C=O) groups excluding carboxylic acids is 2. The minimum Gasteiger partial charge on any atom is -0.369 e. The summed E-state index contributed by atoms with van der Waals surface area (Å²) in [7, 11) is 0. The van der Waals surface area contributed by atoms with E-state index in [1.54, 1.807) is 0 Å². The predicted octanol–water partition coefficient (Wildman–Crippen LogP) is 1.51. The van der Waals surface area contributed by atoms with Gasteiger partial charge in [0.1, 0.15) is 0 Å². The molecule has 1 amide bonds. The lowest BCUT2D eigenvalue weighted by Crippen LogP contribution is -2.41. The molecule has 0 saturated heterocycles. The molecule has 0 aromatic carbocycles. The second-order valence-corrected chi connectivity index (χ2v) is 3.82. The predicted molar refractivity (Wildman–Crippen MR) is 47.7 cm³/mol. The molecule has 2 atom stereocenters. The zero-order valence-electron chi connectivity index (χ0n) is 8.76. The molecule has 0 aliphatic rings. The maximum atomic E-state index is 12.2. The van der Waals surface area contributed by atoms with Gasteiger partial charge in [-0.1, -0.05) is 20.8 Å². The highest BCUT2D eigenvalue weighted by atomic mass is 19.4. The lowest BCUT2D eigenvalue weighted by atomic mass is 9.80. The van der Waals surface area contributed by atoms with Crippen LogP contribution in [0.4, 0.5) is 13.2 Å². The monoisotopic (exact) mass is 225 g/mol. The Morgan fingerprint density at radius 2 is 1.53 bits per heavy atom. The van der Waals surface area contributed by atoms with Gasteiger partial charge in [-0.2, -0.15) is 13.2 Å². The number of primary amides is 1. The lowest BCUT2D eigenvalue weighted by Gasteiger charge is -2.24. The maximum Gasteiger partial charge on any atom is 0.450 e. The molecule has 0 aromatic rings. The summed E-state index contributed by atoms with van der Waals surface area (Å²) in [6, 6.07) is 0. The number of hydrogen-bond donors (Lipinski definition) is 1. The second kappa shape index (κ2) is 4.63. The first-order chi connectivity index (χ1) is 6.59. The van der Waals surface area contributed by atoms with Crippen LogP contribution in [0.15, 0.2) is 0 Å². The Hall–Kier alpha value is -1.07. The zero-order chi connectivity index (χ0) is 12.4. The van der Waals surface area contributed by atoms with Gasteiger partial charge in [0, 0.05) is 11.8 Å². The fourth-order valence-corrected chi connectivity index (χ4v) is 1.47. The topological polar surface area (TPSA) is 60.2 Å². The Labute approximate surface area is 85.8 Å². The van der Waals surface area contributed by atoms with Crippen molar-refractivity contribution in [2.45, 2.75) is 26.9 Å². The van der Waals surface area contributed by atoms with Gasteiger partial charge in [0.05, 0.1) is 0 Å². The quantitative estimate of drug-likeness (QED) is 0.788. The van der Waals surface area contributed by atoms with Gasteiger partial charge in [-0.3, -0.25) is 9.59 Å². The molecular weight excluding hydrogens is 211 g/mol. The Kier molecular flexibility index (Phi) is 4.30. The molecule has 0 saturated carbocycles. The average Bonchev–Trinajstić information content (AvgIpc) is 2.01. The Bertz CT molecular complexity index is 261. The highest BCUT2D eigenvalue weighted by Gasteiger charge is 2.47. The van der Waals surface area contributed by atoms with Crippen LogP contribution in [0.25, 0.3) is 0 Å². The fourth-order valence-electron chi connectivity index (χ4n) is 1.47. The van der Waals surface area contributed by atoms with Crippen molar-refractivity contribution >= 4 is 11.7 Å². The molecule has 0 fully saturated rings. The van der Waals surface area contributed by atoms with E-state index in [4.69, 9.17) is 5.73 Å². The van der Waals surface area contributed by atoms with E-state index < -0.39 is 35.6 Å². The van der Waals surface area contributed by atoms with Crippen LogP contribution >= 0.6 is 0 Å². The van der Waals surface area contributed by atoms with Crippen molar-refractivity contribution in [1.29, 1.82) is 0 Å². The van der Waals surface area contributed by atoms with E-state index in [1.807, 2.05) is 0 Å². The molecule has 15 heavy (non-hydrogen) atoms. The summed E-state index contributed by atoms with van der Waals surface area (Å²) in [6.07, 6.45) is -4.92. The second-order valence-electron chi connectivity index (χ2n) is 3.82. The first-order valence-electron chi connectivity index (χ1n) is 4.49. The largest absolute Gasteiger partial charge is 0.450 e. The van der Waals surface area contributed by atoms with Gasteiger partial charge in [-0.25, -0.2) is 0 Å². The number of Topliss-reactive ketones (excluding diaryl/α,β-unsaturated/α-hetero) is 1. The number of alkyl halides is 3. The van der Waals surface area contributed by atoms with Crippen molar-refractivity contribution in [3.63, 3.8) is 0 Å². The summed E-state index contributed by atoms with van der Waals surface area (Å²) in [5.41, 5.74) is 4.90. The van der Waals surface area contributed by atoms with E-state index in [0.29, 0.717) is 0 Å². The molecule has 0 aliphatic heterocycles. The summed E-state index contributed by atoms with van der Waals surface area (Å²) < 4.78 is 36.5. The lowest BCUT2D eigenvalue weighted by molar-refractivity contribution is -0.179. The van der Waals surface area contributed by atoms with Crippen LogP contribution in [0.2, 0.25) is 0 Å². The minimum absolute atomic E-state index is 0.582. The number of nitrogens with two attached hydrogens (primary N) is 1. The number of halogens is 3. The third-order valence-corrected chi connectivity index (χ3v) is 2.29. The zero-order valence-corrected chi connectivity index (χ0v) is 8.76. The third-order valence-electron chi connectivity index (χ3n) is 2.29. The summed E-state index contributed by atoms with van der Waals surface area (Å²) in [4.78, 5) is 21.8. The Morgan fingerprint density at radius 3 is 1.73 bits per heavy atom. The Balaban J connectivity index is 5.00. The van der Waals surface area contributed by atoms with Crippen molar-refractivity contribution in [2.24, 2.45) is 23.5 Å². The van der Waals surface area contributed by atoms with Crippen LogP contribution in [0, 0.1) is 17.8 Å². The van der Waals surface area contributed by atoms with E-state index in [0.717, 1.165) is 0 Å². The smallest absolute Gasteiger partial charge is 0.369 e. The SMILES string of the molecule is CC(C)[C@H](C(=O)C(F)(F)F)C(C)C(N)=O. The molecule has 0 bridgehead atoms. The number of rotatable bonds is 4. The number of ketones is 1. The molecule has 2 N–H and O–H groups in total. The van der Waals surface area contributed by atoms with Gasteiger partial charge >= 0.3 is 6.18 Å². The van der Waals surface area contributed by atoms with Crippen LogP contribution in [-0.4, -0.2) is 17.9 Å². The molecule has 0 heterocycles. The van der Waals surface area contributed by atoms with Crippen LogP contribution in [0.3, 0.4) is 0 Å². The van der Waals surface area contributed by atoms with Gasteiger partial charge < -0.3 is 5.73 Å². The summed E-state index contributed by atoms with van der Waals surface area (Å²) in [6.45, 7) is 4.14. The van der Waals surface area contributed by atoms with E-state index in [2.05, 4.69) is 0 Å². The highest BCUT2D eigenvalue weighted by molar-refractivity contribution is 5.91. The average molecular weight is 225 g/mol. The standard InChI is InChI=1S/C9H14F3NO2/c1-4(2)6(5(3)8(13)15)7(14)9(10,11)12/h4-6H,1-3H3,(H2,13,15)/t5?,6-/m0/s1. The molecule has 1 unspecified atom stereocenters. The number of amides is 1. The molecule has 0 spiro atoms. The van der Waals surface area contributed by atoms with Crippen molar-refractivity contribution in [3.05, 3.63) is 0 Å². The fraction of sp³-hybridized carbons (Fsp3) is 0.778. The van der Waals surface area contributed by atoms with Crippen molar-refractivity contribution in [1.82, 2.24) is 0 Å². The maximum absolute atomic E-state index is 12.2. The molecule has 88 valence electrons. The minimum atomic E-state index is -4.92. The number of carbonyl (C=O) groups is 2. The number of hydrogen-bond acceptors (Lipinski definition) is 2. The van der Waals surface area contributed by atoms with E-state index in [1.165, 1.54) is 20.8 Å². The molecule has 0 aliphatic carbocycles. The van der Waals surface area contributed by atoms with Gasteiger partial charge in [0.2, 0.25) is 11.7 Å². The first kappa shape index (κ1) is 13.9. The van der Waals surface area contributed by atoms with E-state index in [-0.39, 0.29) is 0 Å². The first-order valence-corrected chi connectivity index (χ1v) is 4.49. The molecule has 6 heteroatoms. The van der Waals surface area contributed by atoms with Crippen molar-refractivity contribution in [2.75, 3.05) is 0 Å². The summed E-state index contributed by atoms with van der Waals surface area (Å²) in [5.74, 6) is -5.88. The van der Waals surface area contributed by atoms with Crippen molar-refractivity contribution < 1.29 is 22.8 Å². The van der Waals surface area contributed by atoms with Crippen molar-refractivity contribution in [3.8, 4) is 0 Å².